The highest BCUT2D eigenvalue weighted by Crippen LogP contribution is 2.35. The summed E-state index contributed by atoms with van der Waals surface area (Å²) in [6.07, 6.45) is 0.772. The Morgan fingerprint density at radius 1 is 1.07 bits per heavy atom. The summed E-state index contributed by atoms with van der Waals surface area (Å²) in [6, 6.07) is 10.0. The van der Waals surface area contributed by atoms with Crippen LogP contribution >= 0.6 is 11.8 Å². The summed E-state index contributed by atoms with van der Waals surface area (Å²) in [5, 5.41) is 5.48. The fourth-order valence-electron chi connectivity index (χ4n) is 3.22. The van der Waals surface area contributed by atoms with Crippen LogP contribution in [-0.2, 0) is 4.79 Å². The normalized spacial score (nSPS) is 17.0. The number of carbonyl (C=O) groups is 2. The number of hydrogen-bond donors (Lipinski definition) is 2. The van der Waals surface area contributed by atoms with E-state index in [1.165, 1.54) is 6.07 Å². The molecule has 2 aromatic rings. The molecule has 2 amide bonds. The first-order chi connectivity index (χ1) is 13.4. The molecule has 1 aliphatic rings. The minimum Gasteiger partial charge on any atom is -0.347 e. The van der Waals surface area contributed by atoms with Gasteiger partial charge in [-0.2, -0.15) is 0 Å². The fraction of sp³-hybridized carbons (Fsp3) is 0.333. The van der Waals surface area contributed by atoms with E-state index >= 15 is 0 Å². The first-order valence-electron chi connectivity index (χ1n) is 9.15. The van der Waals surface area contributed by atoms with Crippen molar-refractivity contribution in [3.05, 3.63) is 65.2 Å². The number of amides is 2. The smallest absolute Gasteiger partial charge is 0.257 e. The van der Waals surface area contributed by atoms with Crippen LogP contribution < -0.4 is 10.6 Å². The molecule has 2 atom stereocenters. The summed E-state index contributed by atoms with van der Waals surface area (Å²) in [4.78, 5) is 26.4. The molecule has 0 bridgehead atoms. The molecule has 0 unspecified atom stereocenters. The summed E-state index contributed by atoms with van der Waals surface area (Å²) in [5.41, 5.74) is 0.362. The van der Waals surface area contributed by atoms with Crippen molar-refractivity contribution in [1.82, 2.24) is 10.6 Å². The molecular weight excluding hydrogens is 382 g/mol. The van der Waals surface area contributed by atoms with Gasteiger partial charge in [-0.1, -0.05) is 38.1 Å². The lowest BCUT2D eigenvalue weighted by molar-refractivity contribution is -0.124. The SMILES string of the molecule is CC(C)[C@H](NC(=O)c1c(F)cccc1F)C(=O)N[C@@H]1CCSc2ccccc21. The van der Waals surface area contributed by atoms with Crippen molar-refractivity contribution in [1.29, 1.82) is 0 Å². The average molecular weight is 404 g/mol. The lowest BCUT2D eigenvalue weighted by atomic mass is 9.99. The molecule has 1 aliphatic heterocycles. The van der Waals surface area contributed by atoms with Crippen molar-refractivity contribution in [2.24, 2.45) is 5.92 Å². The number of carbonyl (C=O) groups excluding carboxylic acids is 2. The molecule has 3 rings (SSSR count). The van der Waals surface area contributed by atoms with Gasteiger partial charge in [-0.25, -0.2) is 8.78 Å². The Balaban J connectivity index is 1.76. The largest absolute Gasteiger partial charge is 0.347 e. The Kier molecular flexibility index (Phi) is 6.34. The van der Waals surface area contributed by atoms with Gasteiger partial charge in [0.2, 0.25) is 5.91 Å². The molecule has 0 fully saturated rings. The van der Waals surface area contributed by atoms with Gasteiger partial charge in [0.15, 0.2) is 0 Å². The molecule has 4 nitrogen and oxygen atoms in total. The minimum absolute atomic E-state index is 0.159. The van der Waals surface area contributed by atoms with Crippen LogP contribution in [0.15, 0.2) is 47.4 Å². The van der Waals surface area contributed by atoms with Crippen molar-refractivity contribution in [2.45, 2.75) is 37.2 Å². The first-order valence-corrected chi connectivity index (χ1v) is 10.1. The average Bonchev–Trinajstić information content (AvgIpc) is 2.66. The summed E-state index contributed by atoms with van der Waals surface area (Å²) >= 11 is 1.74. The van der Waals surface area contributed by atoms with Crippen LogP contribution in [0.1, 0.15) is 42.2 Å². The maximum atomic E-state index is 13.9. The predicted molar refractivity (Wildman–Crippen MR) is 105 cm³/mol. The third-order valence-electron chi connectivity index (χ3n) is 4.70. The molecule has 0 aromatic heterocycles. The molecule has 0 radical (unpaired) electrons. The van der Waals surface area contributed by atoms with Gasteiger partial charge in [-0.15, -0.1) is 11.8 Å². The van der Waals surface area contributed by atoms with Gasteiger partial charge >= 0.3 is 0 Å². The fourth-order valence-corrected chi connectivity index (χ4v) is 4.34. The molecule has 28 heavy (non-hydrogen) atoms. The molecule has 2 N–H and O–H groups in total. The van der Waals surface area contributed by atoms with E-state index < -0.39 is 29.1 Å². The molecule has 148 valence electrons. The number of nitrogens with one attached hydrogen (secondary N) is 2. The van der Waals surface area contributed by atoms with Crippen molar-refractivity contribution >= 4 is 23.6 Å². The quantitative estimate of drug-likeness (QED) is 0.790. The second-order valence-corrected chi connectivity index (χ2v) is 8.16. The zero-order valence-electron chi connectivity index (χ0n) is 15.7. The van der Waals surface area contributed by atoms with Gasteiger partial charge in [0.05, 0.1) is 6.04 Å². The molecule has 2 aromatic carbocycles. The van der Waals surface area contributed by atoms with Gasteiger partial charge in [0.25, 0.3) is 5.91 Å². The zero-order valence-corrected chi connectivity index (χ0v) is 16.5. The number of fused-ring (bicyclic) bond motifs is 1. The minimum atomic E-state index is -0.960. The number of hydrogen-bond acceptors (Lipinski definition) is 3. The van der Waals surface area contributed by atoms with Gasteiger partial charge < -0.3 is 10.6 Å². The van der Waals surface area contributed by atoms with Crippen molar-refractivity contribution in [3.8, 4) is 0 Å². The zero-order chi connectivity index (χ0) is 20.3. The standard InChI is InChI=1S/C21H22F2N2O2S/c1-12(2)19(25-20(26)18-14(22)7-5-8-15(18)23)21(27)24-16-10-11-28-17-9-4-3-6-13(16)17/h3-9,12,16,19H,10-11H2,1-2H3,(H,24,27)(H,25,26)/t16-,19+/m1/s1. The Hall–Kier alpha value is -2.41. The van der Waals surface area contributed by atoms with Gasteiger partial charge in [-0.3, -0.25) is 9.59 Å². The molecule has 0 aliphatic carbocycles. The van der Waals surface area contributed by atoms with Crippen LogP contribution in [0.25, 0.3) is 0 Å². The Bertz CT molecular complexity index is 868. The number of benzene rings is 2. The van der Waals surface area contributed by atoms with E-state index in [0.717, 1.165) is 34.8 Å². The van der Waals surface area contributed by atoms with Crippen LogP contribution in [-0.4, -0.2) is 23.6 Å². The number of halogens is 2. The maximum absolute atomic E-state index is 13.9. The van der Waals surface area contributed by atoms with Gasteiger partial charge in [0.1, 0.15) is 23.2 Å². The molecule has 0 saturated carbocycles. The van der Waals surface area contributed by atoms with E-state index in [-0.39, 0.29) is 17.9 Å². The van der Waals surface area contributed by atoms with E-state index in [2.05, 4.69) is 10.6 Å². The Morgan fingerprint density at radius 2 is 1.75 bits per heavy atom. The summed E-state index contributed by atoms with van der Waals surface area (Å²) in [7, 11) is 0. The van der Waals surface area contributed by atoms with E-state index in [0.29, 0.717) is 0 Å². The monoisotopic (exact) mass is 404 g/mol. The van der Waals surface area contributed by atoms with Crippen molar-refractivity contribution < 1.29 is 18.4 Å². The highest BCUT2D eigenvalue weighted by molar-refractivity contribution is 7.99. The van der Waals surface area contributed by atoms with E-state index in [1.54, 1.807) is 25.6 Å². The Morgan fingerprint density at radius 3 is 2.43 bits per heavy atom. The predicted octanol–water partition coefficient (Wildman–Crippen LogP) is 4.07. The molecule has 7 heteroatoms. The third kappa shape index (κ3) is 4.35. The van der Waals surface area contributed by atoms with E-state index in [1.807, 2.05) is 24.3 Å². The lowest BCUT2D eigenvalue weighted by Gasteiger charge is -2.29. The molecule has 1 heterocycles. The molecule has 0 saturated heterocycles. The van der Waals surface area contributed by atoms with Crippen LogP contribution in [0, 0.1) is 17.6 Å². The Labute approximate surface area is 167 Å². The second kappa shape index (κ2) is 8.73. The van der Waals surface area contributed by atoms with Crippen LogP contribution in [0.4, 0.5) is 8.78 Å². The van der Waals surface area contributed by atoms with E-state index in [4.69, 9.17) is 0 Å². The highest BCUT2D eigenvalue weighted by Gasteiger charge is 2.30. The topological polar surface area (TPSA) is 58.2 Å². The molecular formula is C21H22F2N2O2S. The van der Waals surface area contributed by atoms with Crippen LogP contribution in [0.2, 0.25) is 0 Å². The second-order valence-electron chi connectivity index (χ2n) is 7.03. The summed E-state index contributed by atoms with van der Waals surface area (Å²) < 4.78 is 27.8. The lowest BCUT2D eigenvalue weighted by Crippen LogP contribution is -2.51. The van der Waals surface area contributed by atoms with Gasteiger partial charge in [-0.05, 0) is 36.1 Å². The van der Waals surface area contributed by atoms with Crippen LogP contribution in [0.3, 0.4) is 0 Å². The third-order valence-corrected chi connectivity index (χ3v) is 5.82. The van der Waals surface area contributed by atoms with Crippen molar-refractivity contribution in [2.75, 3.05) is 5.75 Å². The number of thioether (sulfide) groups is 1. The van der Waals surface area contributed by atoms with Crippen molar-refractivity contribution in [3.63, 3.8) is 0 Å². The van der Waals surface area contributed by atoms with Crippen LogP contribution in [0.5, 0.6) is 0 Å². The summed E-state index contributed by atoms with van der Waals surface area (Å²) in [5.74, 6) is -2.61. The number of rotatable bonds is 5. The maximum Gasteiger partial charge on any atom is 0.257 e. The summed E-state index contributed by atoms with van der Waals surface area (Å²) in [6.45, 7) is 3.54. The molecule has 0 spiro atoms. The first kappa shape index (κ1) is 20.3. The van der Waals surface area contributed by atoms with E-state index in [9.17, 15) is 18.4 Å². The van der Waals surface area contributed by atoms with Gasteiger partial charge in [0, 0.05) is 10.6 Å². The highest BCUT2D eigenvalue weighted by atomic mass is 32.2.